The predicted octanol–water partition coefficient (Wildman–Crippen LogP) is 4.22. The fraction of sp³-hybridized carbons (Fsp3) is 0.280. The summed E-state index contributed by atoms with van der Waals surface area (Å²) in [4.78, 5) is 23.3. The Balaban J connectivity index is 1.42. The first-order chi connectivity index (χ1) is 16.6. The number of pyridine rings is 1. The molecule has 0 aliphatic carbocycles. The molecule has 0 spiro atoms. The Morgan fingerprint density at radius 1 is 1.12 bits per heavy atom. The minimum atomic E-state index is -0.312. The highest BCUT2D eigenvalue weighted by Gasteiger charge is 2.24. The average molecular weight is 458 g/mol. The highest BCUT2D eigenvalue weighted by Crippen LogP contribution is 2.30. The van der Waals surface area contributed by atoms with Crippen molar-refractivity contribution >= 4 is 28.7 Å². The van der Waals surface area contributed by atoms with Crippen LogP contribution in [0.3, 0.4) is 0 Å². The van der Waals surface area contributed by atoms with Gasteiger partial charge in [-0.3, -0.25) is 4.98 Å². The summed E-state index contributed by atoms with van der Waals surface area (Å²) in [6, 6.07) is 13.2. The number of nitrogens with one attached hydrogen (secondary N) is 2. The molecule has 2 amide bonds. The zero-order chi connectivity index (χ0) is 23.5. The molecule has 1 fully saturated rings. The van der Waals surface area contributed by atoms with E-state index in [9.17, 15) is 4.79 Å². The van der Waals surface area contributed by atoms with Gasteiger partial charge in [-0.15, -0.1) is 0 Å². The van der Waals surface area contributed by atoms with Crippen molar-refractivity contribution in [3.8, 4) is 11.3 Å². The summed E-state index contributed by atoms with van der Waals surface area (Å²) in [7, 11) is 0. The number of urea groups is 1. The molecule has 1 aromatic carbocycles. The number of benzene rings is 1. The zero-order valence-corrected chi connectivity index (χ0v) is 19.2. The number of aromatic nitrogens is 4. The molecule has 0 saturated carbocycles. The Kier molecular flexibility index (Phi) is 6.09. The maximum Gasteiger partial charge on any atom is 0.323 e. The molecule has 9 nitrogen and oxygen atoms in total. The van der Waals surface area contributed by atoms with Crippen LogP contribution in [0.25, 0.3) is 16.9 Å². The summed E-state index contributed by atoms with van der Waals surface area (Å²) >= 11 is 0. The number of hydrogen-bond donors (Lipinski definition) is 2. The number of nitrogens with zero attached hydrogens (tertiary/aromatic N) is 5. The van der Waals surface area contributed by atoms with Crippen molar-refractivity contribution in [3.63, 3.8) is 0 Å². The van der Waals surface area contributed by atoms with Crippen molar-refractivity contribution < 1.29 is 9.53 Å². The van der Waals surface area contributed by atoms with Gasteiger partial charge in [0.15, 0.2) is 5.65 Å². The predicted molar refractivity (Wildman–Crippen MR) is 132 cm³/mol. The summed E-state index contributed by atoms with van der Waals surface area (Å²) < 4.78 is 7.59. The van der Waals surface area contributed by atoms with E-state index in [0.717, 1.165) is 41.3 Å². The third-order valence-corrected chi connectivity index (χ3v) is 5.93. The van der Waals surface area contributed by atoms with Crippen molar-refractivity contribution in [1.82, 2.24) is 19.6 Å². The van der Waals surface area contributed by atoms with E-state index in [-0.39, 0.29) is 12.1 Å². The minimum absolute atomic E-state index is 0.250. The molecule has 1 saturated heterocycles. The Morgan fingerprint density at radius 3 is 2.56 bits per heavy atom. The molecule has 0 bridgehead atoms. The number of morpholine rings is 1. The van der Waals surface area contributed by atoms with Crippen molar-refractivity contribution in [2.24, 2.45) is 0 Å². The van der Waals surface area contributed by atoms with Gasteiger partial charge in [0.1, 0.15) is 0 Å². The van der Waals surface area contributed by atoms with Crippen LogP contribution in [0.2, 0.25) is 0 Å². The van der Waals surface area contributed by atoms with E-state index in [1.807, 2.05) is 35.0 Å². The number of carbonyl (C=O) groups is 1. The summed E-state index contributed by atoms with van der Waals surface area (Å²) in [5.74, 6) is 0. The Bertz CT molecular complexity index is 1290. The van der Waals surface area contributed by atoms with Gasteiger partial charge >= 0.3 is 6.03 Å². The molecule has 3 aromatic heterocycles. The Morgan fingerprint density at radius 2 is 1.85 bits per heavy atom. The summed E-state index contributed by atoms with van der Waals surface area (Å²) in [5.41, 5.74) is 6.15. The molecule has 5 rings (SSSR count). The molecule has 9 heteroatoms. The molecule has 174 valence electrons. The first-order valence-electron chi connectivity index (χ1n) is 11.4. The first-order valence-corrected chi connectivity index (χ1v) is 11.4. The van der Waals surface area contributed by atoms with E-state index in [2.05, 4.69) is 45.4 Å². The number of imidazole rings is 1. The van der Waals surface area contributed by atoms with E-state index in [1.54, 1.807) is 24.5 Å². The molecular weight excluding hydrogens is 430 g/mol. The van der Waals surface area contributed by atoms with E-state index < -0.39 is 0 Å². The molecule has 34 heavy (non-hydrogen) atoms. The molecule has 1 aliphatic rings. The van der Waals surface area contributed by atoms with Gasteiger partial charge in [-0.05, 0) is 43.7 Å². The molecule has 4 aromatic rings. The van der Waals surface area contributed by atoms with Crippen molar-refractivity contribution in [2.45, 2.75) is 26.3 Å². The van der Waals surface area contributed by atoms with E-state index in [4.69, 9.17) is 9.84 Å². The fourth-order valence-corrected chi connectivity index (χ4v) is 4.13. The lowest BCUT2D eigenvalue weighted by atomic mass is 10.1. The van der Waals surface area contributed by atoms with Crippen molar-refractivity contribution in [1.29, 1.82) is 0 Å². The lowest BCUT2D eigenvalue weighted by Crippen LogP contribution is -2.44. The van der Waals surface area contributed by atoms with Crippen LogP contribution < -0.4 is 15.5 Å². The van der Waals surface area contributed by atoms with Gasteiger partial charge in [0.25, 0.3) is 0 Å². The van der Waals surface area contributed by atoms with Crippen LogP contribution in [0.5, 0.6) is 0 Å². The zero-order valence-electron chi connectivity index (χ0n) is 19.2. The monoisotopic (exact) mass is 457 g/mol. The second kappa shape index (κ2) is 9.48. The first kappa shape index (κ1) is 21.8. The van der Waals surface area contributed by atoms with E-state index in [0.29, 0.717) is 24.6 Å². The molecular formula is C25H27N7O2. The van der Waals surface area contributed by atoms with Gasteiger partial charge in [-0.2, -0.15) is 5.10 Å². The number of amides is 2. The Hall–Kier alpha value is -3.98. The van der Waals surface area contributed by atoms with Crippen LogP contribution in [0, 0.1) is 0 Å². The van der Waals surface area contributed by atoms with Crippen LogP contribution in [-0.4, -0.2) is 51.4 Å². The fourth-order valence-electron chi connectivity index (χ4n) is 4.13. The number of rotatable bonds is 5. The van der Waals surface area contributed by atoms with Crippen molar-refractivity contribution in [2.75, 3.05) is 35.3 Å². The number of ether oxygens (including phenoxy) is 1. The largest absolute Gasteiger partial charge is 0.377 e. The van der Waals surface area contributed by atoms with Crippen LogP contribution in [0.15, 0.2) is 61.1 Å². The van der Waals surface area contributed by atoms with Crippen LogP contribution >= 0.6 is 0 Å². The third kappa shape index (κ3) is 4.42. The molecule has 1 atom stereocenters. The topological polar surface area (TPSA) is 96.7 Å². The molecule has 1 aliphatic heterocycles. The van der Waals surface area contributed by atoms with Crippen LogP contribution in [-0.2, 0) is 11.2 Å². The number of aryl methyl sites for hydroxylation is 1. The standard InChI is InChI=1S/C25H27N7O2/c1-3-21-15-27-24-23(31-12-13-34-16-17(31)2)14-22(30-32(21)24)18-4-6-19(7-5-18)28-25(33)29-20-8-10-26-11-9-20/h4-11,14-15,17H,3,12-13,16H2,1-2H3,(H2,26,28,29,33)/t17-/m0/s1. The van der Waals surface area contributed by atoms with Crippen LogP contribution in [0.4, 0.5) is 21.9 Å². The van der Waals surface area contributed by atoms with E-state index in [1.165, 1.54) is 0 Å². The average Bonchev–Trinajstić information content (AvgIpc) is 3.28. The van der Waals surface area contributed by atoms with Gasteiger partial charge < -0.3 is 20.3 Å². The van der Waals surface area contributed by atoms with Crippen LogP contribution in [0.1, 0.15) is 19.5 Å². The van der Waals surface area contributed by atoms with Crippen molar-refractivity contribution in [3.05, 3.63) is 66.7 Å². The van der Waals surface area contributed by atoms with Gasteiger partial charge in [0.05, 0.1) is 36.5 Å². The normalized spacial score (nSPS) is 15.9. The second-order valence-electron chi connectivity index (χ2n) is 8.26. The number of fused-ring (bicyclic) bond motifs is 1. The minimum Gasteiger partial charge on any atom is -0.377 e. The number of anilines is 3. The van der Waals surface area contributed by atoms with Gasteiger partial charge in [-0.1, -0.05) is 19.1 Å². The smallest absolute Gasteiger partial charge is 0.323 e. The summed E-state index contributed by atoms with van der Waals surface area (Å²) in [6.07, 6.45) is 6.00. The number of hydrogen-bond acceptors (Lipinski definition) is 6. The highest BCUT2D eigenvalue weighted by atomic mass is 16.5. The maximum absolute atomic E-state index is 12.3. The molecule has 2 N–H and O–H groups in total. The molecule has 0 radical (unpaired) electrons. The summed E-state index contributed by atoms with van der Waals surface area (Å²) in [6.45, 7) is 6.46. The lowest BCUT2D eigenvalue weighted by molar-refractivity contribution is 0.0990. The summed E-state index contributed by atoms with van der Waals surface area (Å²) in [5, 5.41) is 10.5. The SMILES string of the molecule is CCc1cnc2c(N3CCOC[C@@H]3C)cc(-c3ccc(NC(=O)Nc4ccncc4)cc3)nn12. The molecule has 4 heterocycles. The quantitative estimate of drug-likeness (QED) is 0.466. The van der Waals surface area contributed by atoms with Gasteiger partial charge in [-0.25, -0.2) is 14.3 Å². The second-order valence-corrected chi connectivity index (χ2v) is 8.26. The highest BCUT2D eigenvalue weighted by molar-refractivity contribution is 5.99. The third-order valence-electron chi connectivity index (χ3n) is 5.93. The maximum atomic E-state index is 12.3. The van der Waals surface area contributed by atoms with Gasteiger partial charge in [0.2, 0.25) is 0 Å². The molecule has 0 unspecified atom stereocenters. The Labute approximate surface area is 197 Å². The van der Waals surface area contributed by atoms with Gasteiger partial charge in [0, 0.05) is 41.9 Å². The number of carbonyl (C=O) groups excluding carboxylic acids is 1. The van der Waals surface area contributed by atoms with E-state index >= 15 is 0 Å². The lowest BCUT2D eigenvalue weighted by Gasteiger charge is -2.35.